The quantitative estimate of drug-likeness (QED) is 0.356. The second-order valence-electron chi connectivity index (χ2n) is 10.8. The predicted octanol–water partition coefficient (Wildman–Crippen LogP) is 7.10. The van der Waals surface area contributed by atoms with Gasteiger partial charge in [0, 0.05) is 24.2 Å². The molecule has 198 valence electrons. The molecule has 0 aromatic heterocycles. The number of halogens is 1. The van der Waals surface area contributed by atoms with Gasteiger partial charge < -0.3 is 14.7 Å². The Labute approximate surface area is 223 Å². The summed E-state index contributed by atoms with van der Waals surface area (Å²) in [6, 6.07) is 15.6. The van der Waals surface area contributed by atoms with Crippen molar-refractivity contribution in [2.45, 2.75) is 66.3 Å². The second kappa shape index (κ2) is 10.5. The maximum atomic E-state index is 13.8. The van der Waals surface area contributed by atoms with Gasteiger partial charge in [-0.05, 0) is 98.7 Å². The summed E-state index contributed by atoms with van der Waals surface area (Å²) in [6.45, 7) is 12.1. The van der Waals surface area contributed by atoms with Gasteiger partial charge in [0.05, 0.1) is 5.60 Å². The van der Waals surface area contributed by atoms with Gasteiger partial charge in [0.2, 0.25) is 0 Å². The van der Waals surface area contributed by atoms with Gasteiger partial charge >= 0.3 is 5.97 Å². The molecule has 1 atom stereocenters. The molecule has 1 N–H and O–H groups in total. The van der Waals surface area contributed by atoms with Crippen LogP contribution in [0.3, 0.4) is 0 Å². The number of rotatable bonds is 6. The molecule has 0 radical (unpaired) electrons. The highest BCUT2D eigenvalue weighted by Gasteiger charge is 2.35. The van der Waals surface area contributed by atoms with E-state index >= 15 is 0 Å². The molecule has 4 rings (SSSR count). The minimum Gasteiger partial charge on any atom is -0.479 e. The van der Waals surface area contributed by atoms with E-state index in [-0.39, 0.29) is 11.5 Å². The van der Waals surface area contributed by atoms with E-state index < -0.39 is 23.5 Å². The maximum absolute atomic E-state index is 13.8. The molecule has 3 aromatic rings. The number of allylic oxidation sites excluding steroid dienone is 1. The molecule has 1 aliphatic rings. The minimum atomic E-state index is -1.19. The number of ether oxygens (including phenoxy) is 1. The summed E-state index contributed by atoms with van der Waals surface area (Å²) in [7, 11) is 0. The van der Waals surface area contributed by atoms with Crippen LogP contribution in [0.2, 0.25) is 0 Å². The van der Waals surface area contributed by atoms with Gasteiger partial charge in [-0.15, -0.1) is 0 Å². The number of nitrogens with zero attached hydrogens (tertiary/aromatic N) is 1. The van der Waals surface area contributed by atoms with Crippen molar-refractivity contribution >= 4 is 23.5 Å². The van der Waals surface area contributed by atoms with Crippen molar-refractivity contribution in [3.05, 3.63) is 105 Å². The maximum Gasteiger partial charge on any atom is 0.337 e. The first-order chi connectivity index (χ1) is 17.9. The zero-order valence-electron chi connectivity index (χ0n) is 22.8. The molecule has 0 saturated carbocycles. The number of fused-ring (bicyclic) bond motifs is 1. The zero-order valence-corrected chi connectivity index (χ0v) is 22.8. The van der Waals surface area contributed by atoms with Crippen molar-refractivity contribution in [2.24, 2.45) is 0 Å². The minimum absolute atomic E-state index is 0.265. The van der Waals surface area contributed by atoms with E-state index in [0.29, 0.717) is 18.7 Å². The number of carboxylic acids is 1. The first-order valence-electron chi connectivity index (χ1n) is 12.7. The Balaban J connectivity index is 1.88. The molecule has 0 aliphatic carbocycles. The Hall–Kier alpha value is -3.77. The number of hydrogen-bond acceptors (Lipinski definition) is 3. The molecule has 3 aromatic carbocycles. The van der Waals surface area contributed by atoms with Gasteiger partial charge in [-0.3, -0.25) is 4.79 Å². The summed E-state index contributed by atoms with van der Waals surface area (Å²) in [5, 5.41) is 10.3. The number of amides is 1. The Morgan fingerprint density at radius 3 is 2.16 bits per heavy atom. The van der Waals surface area contributed by atoms with E-state index in [1.54, 1.807) is 11.0 Å². The number of aliphatic carboxylic acids is 1. The highest BCUT2D eigenvalue weighted by molar-refractivity contribution is 5.95. The molecule has 0 unspecified atom stereocenters. The molecule has 5 nitrogen and oxygen atoms in total. The van der Waals surface area contributed by atoms with Crippen molar-refractivity contribution in [1.29, 1.82) is 0 Å². The van der Waals surface area contributed by atoms with Crippen LogP contribution in [0, 0.1) is 19.7 Å². The van der Waals surface area contributed by atoms with E-state index in [2.05, 4.69) is 0 Å². The van der Waals surface area contributed by atoms with Gasteiger partial charge in [-0.25, -0.2) is 9.18 Å². The third-order valence-corrected chi connectivity index (χ3v) is 6.97. The van der Waals surface area contributed by atoms with Crippen molar-refractivity contribution < 1.29 is 23.8 Å². The highest BCUT2D eigenvalue weighted by atomic mass is 19.1. The number of benzene rings is 3. The number of carbonyl (C=O) groups is 2. The predicted molar refractivity (Wildman–Crippen MR) is 147 cm³/mol. The highest BCUT2D eigenvalue weighted by Crippen LogP contribution is 2.41. The van der Waals surface area contributed by atoms with Crippen LogP contribution in [0.1, 0.15) is 83.1 Å². The molecule has 1 heterocycles. The van der Waals surface area contributed by atoms with Gasteiger partial charge in [-0.2, -0.15) is 0 Å². The van der Waals surface area contributed by atoms with E-state index in [4.69, 9.17) is 4.74 Å². The fraction of sp³-hybridized carbons (Fsp3) is 0.312. The van der Waals surface area contributed by atoms with E-state index in [0.717, 1.165) is 39.0 Å². The fourth-order valence-electron chi connectivity index (χ4n) is 5.11. The van der Waals surface area contributed by atoms with Crippen molar-refractivity contribution in [3.63, 3.8) is 0 Å². The Morgan fingerprint density at radius 2 is 1.58 bits per heavy atom. The van der Waals surface area contributed by atoms with Crippen molar-refractivity contribution in [1.82, 2.24) is 4.90 Å². The lowest BCUT2D eigenvalue weighted by molar-refractivity contribution is -0.160. The first-order valence-corrected chi connectivity index (χ1v) is 12.7. The molecule has 0 bridgehead atoms. The fourth-order valence-corrected chi connectivity index (χ4v) is 5.11. The van der Waals surface area contributed by atoms with Crippen LogP contribution >= 0.6 is 0 Å². The monoisotopic (exact) mass is 515 g/mol. The van der Waals surface area contributed by atoms with E-state index in [1.165, 1.54) is 18.2 Å². The number of carbonyl (C=O) groups excluding carboxylic acids is 1. The molecule has 38 heavy (non-hydrogen) atoms. The first kappa shape index (κ1) is 27.3. The Bertz CT molecular complexity index is 1420. The molecule has 1 amide bonds. The van der Waals surface area contributed by atoms with E-state index in [1.807, 2.05) is 78.0 Å². The number of carboxylic acid groups (broad SMARTS) is 1. The zero-order chi connectivity index (χ0) is 27.8. The lowest BCUT2D eigenvalue weighted by atomic mass is 9.85. The molecule has 0 spiro atoms. The smallest absolute Gasteiger partial charge is 0.337 e. The van der Waals surface area contributed by atoms with Gasteiger partial charge in [-0.1, -0.05) is 42.5 Å². The lowest BCUT2D eigenvalue weighted by Crippen LogP contribution is -2.29. The Kier molecular flexibility index (Phi) is 7.56. The van der Waals surface area contributed by atoms with Crippen LogP contribution in [-0.4, -0.2) is 27.5 Å². The average Bonchev–Trinajstić information content (AvgIpc) is 3.32. The van der Waals surface area contributed by atoms with Crippen LogP contribution in [0.15, 0.2) is 54.6 Å². The summed E-state index contributed by atoms with van der Waals surface area (Å²) < 4.78 is 19.9. The van der Waals surface area contributed by atoms with Crippen LogP contribution in [0.5, 0.6) is 0 Å². The molecule has 0 saturated heterocycles. The van der Waals surface area contributed by atoms with Crippen LogP contribution in [0.4, 0.5) is 4.39 Å². The van der Waals surface area contributed by atoms with Crippen molar-refractivity contribution in [3.8, 4) is 0 Å². The van der Waals surface area contributed by atoms with Crippen LogP contribution < -0.4 is 0 Å². The standard InChI is InChI=1S/C32H34FNO4/c1-19(22-11-8-7-9-12-22)15-25-20(2)26-17-34(30(35)23-13-10-14-24(33)16-23)18-27(26)21(3)28(25)29(31(36)37)38-32(4,5)6/h7-16,29H,17-18H2,1-6H3,(H,36,37)/b19-15+/t29-/m0/s1. The summed E-state index contributed by atoms with van der Waals surface area (Å²) in [5.41, 5.74) is 6.60. The largest absolute Gasteiger partial charge is 0.479 e. The summed E-state index contributed by atoms with van der Waals surface area (Å²) in [5.74, 6) is -1.80. The van der Waals surface area contributed by atoms with Crippen LogP contribution in [-0.2, 0) is 22.6 Å². The summed E-state index contributed by atoms with van der Waals surface area (Å²) in [6.07, 6.45) is 0.827. The van der Waals surface area contributed by atoms with E-state index in [9.17, 15) is 19.1 Å². The molecule has 1 aliphatic heterocycles. The normalized spacial score (nSPS) is 14.4. The third kappa shape index (κ3) is 5.55. The third-order valence-electron chi connectivity index (χ3n) is 6.97. The molecular weight excluding hydrogens is 481 g/mol. The summed E-state index contributed by atoms with van der Waals surface area (Å²) in [4.78, 5) is 27.6. The molecule has 6 heteroatoms. The van der Waals surface area contributed by atoms with Gasteiger partial charge in [0.1, 0.15) is 5.82 Å². The molecular formula is C32H34FNO4. The van der Waals surface area contributed by atoms with Gasteiger partial charge in [0.25, 0.3) is 5.91 Å². The lowest BCUT2D eigenvalue weighted by Gasteiger charge is -2.29. The Morgan fingerprint density at radius 1 is 0.974 bits per heavy atom. The number of hydrogen-bond donors (Lipinski definition) is 1. The second-order valence-corrected chi connectivity index (χ2v) is 10.8. The van der Waals surface area contributed by atoms with Gasteiger partial charge in [0.15, 0.2) is 6.10 Å². The topological polar surface area (TPSA) is 66.8 Å². The average molecular weight is 516 g/mol. The van der Waals surface area contributed by atoms with Crippen LogP contribution in [0.25, 0.3) is 11.6 Å². The van der Waals surface area contributed by atoms with Crippen molar-refractivity contribution in [2.75, 3.05) is 0 Å². The SMILES string of the molecule is C/C(=C\c1c(C)c2c(c(C)c1[C@H](OC(C)(C)C)C(=O)O)CN(C(=O)c1cccc(F)c1)C2)c1ccccc1. The molecule has 0 fully saturated rings. The summed E-state index contributed by atoms with van der Waals surface area (Å²) >= 11 is 0.